The Kier molecular flexibility index (Phi) is 6.65. The molecule has 0 spiro atoms. The van der Waals surface area contributed by atoms with Crippen LogP contribution in [0.25, 0.3) is 0 Å². The van der Waals surface area contributed by atoms with Gasteiger partial charge in [0.05, 0.1) is 0 Å². The van der Waals surface area contributed by atoms with E-state index in [-0.39, 0.29) is 5.41 Å². The van der Waals surface area contributed by atoms with Crippen molar-refractivity contribution in [3.05, 3.63) is 23.8 Å². The second-order valence-electron chi connectivity index (χ2n) is 7.57. The van der Waals surface area contributed by atoms with E-state index in [1.54, 1.807) is 4.31 Å². The number of ether oxygens (including phenoxy) is 2. The van der Waals surface area contributed by atoms with Crippen molar-refractivity contribution in [3.8, 4) is 11.5 Å². The van der Waals surface area contributed by atoms with Crippen LogP contribution in [0.4, 0.5) is 0 Å². The van der Waals surface area contributed by atoms with Gasteiger partial charge in [-0.2, -0.15) is 12.7 Å². The number of rotatable bonds is 9. The van der Waals surface area contributed by atoms with E-state index in [0.29, 0.717) is 32.8 Å². The average molecular weight is 397 g/mol. The maximum Gasteiger partial charge on any atom is 0.279 e. The van der Waals surface area contributed by atoms with E-state index in [4.69, 9.17) is 9.47 Å². The molecular formula is C20H32N2O4S. The Bertz CT molecular complexity index is 723. The van der Waals surface area contributed by atoms with Crippen LogP contribution in [0, 0.1) is 0 Å². The Balaban J connectivity index is 1.79. The lowest BCUT2D eigenvalue weighted by molar-refractivity contribution is 0.171. The van der Waals surface area contributed by atoms with Crippen molar-refractivity contribution in [1.82, 2.24) is 9.03 Å². The first-order valence-corrected chi connectivity index (χ1v) is 11.6. The molecule has 0 saturated heterocycles. The van der Waals surface area contributed by atoms with Crippen molar-refractivity contribution in [2.24, 2.45) is 0 Å². The van der Waals surface area contributed by atoms with Gasteiger partial charge in [0.2, 0.25) is 0 Å². The first-order chi connectivity index (χ1) is 13.0. The maximum absolute atomic E-state index is 12.8. The molecule has 1 heterocycles. The normalized spacial score (nSPS) is 18.8. The third-order valence-corrected chi connectivity index (χ3v) is 7.15. The Labute approximate surface area is 163 Å². The SMILES string of the molecule is CCCN(CCC)S(=O)(=O)NCC1(c2ccc3c(c2)OCCO3)CCCC1. The zero-order valence-electron chi connectivity index (χ0n) is 16.5. The molecule has 1 aromatic carbocycles. The Morgan fingerprint density at radius 2 is 1.67 bits per heavy atom. The number of fused-ring (bicyclic) bond motifs is 1. The minimum Gasteiger partial charge on any atom is -0.486 e. The molecule has 0 atom stereocenters. The third-order valence-electron chi connectivity index (χ3n) is 5.59. The van der Waals surface area contributed by atoms with E-state index in [9.17, 15) is 8.42 Å². The van der Waals surface area contributed by atoms with Crippen LogP contribution < -0.4 is 14.2 Å². The molecule has 1 N–H and O–H groups in total. The summed E-state index contributed by atoms with van der Waals surface area (Å²) in [5.74, 6) is 1.54. The van der Waals surface area contributed by atoms with Gasteiger partial charge in [-0.1, -0.05) is 32.8 Å². The van der Waals surface area contributed by atoms with Crippen LogP contribution in [0.3, 0.4) is 0 Å². The quantitative estimate of drug-likeness (QED) is 0.696. The van der Waals surface area contributed by atoms with Gasteiger partial charge in [0.15, 0.2) is 11.5 Å². The summed E-state index contributed by atoms with van der Waals surface area (Å²) in [7, 11) is -3.47. The molecule has 7 heteroatoms. The van der Waals surface area contributed by atoms with Crippen molar-refractivity contribution >= 4 is 10.2 Å². The fourth-order valence-corrected chi connectivity index (χ4v) is 5.65. The summed E-state index contributed by atoms with van der Waals surface area (Å²) < 4.78 is 41.5. The van der Waals surface area contributed by atoms with Gasteiger partial charge in [0.1, 0.15) is 13.2 Å². The first kappa shape index (κ1) is 20.4. The van der Waals surface area contributed by atoms with Crippen LogP contribution in [-0.2, 0) is 15.6 Å². The molecule has 1 saturated carbocycles. The van der Waals surface area contributed by atoms with Gasteiger partial charge < -0.3 is 9.47 Å². The van der Waals surface area contributed by atoms with Crippen LogP contribution in [0.1, 0.15) is 57.9 Å². The number of nitrogens with one attached hydrogen (secondary N) is 1. The lowest BCUT2D eigenvalue weighted by Crippen LogP contribution is -2.46. The summed E-state index contributed by atoms with van der Waals surface area (Å²) in [5.41, 5.74) is 0.969. The smallest absolute Gasteiger partial charge is 0.279 e. The van der Waals surface area contributed by atoms with E-state index >= 15 is 0 Å². The van der Waals surface area contributed by atoms with E-state index < -0.39 is 10.2 Å². The molecule has 3 rings (SSSR count). The molecule has 1 aromatic rings. The molecule has 0 amide bonds. The first-order valence-electron chi connectivity index (χ1n) is 10.2. The van der Waals surface area contributed by atoms with Gasteiger partial charge in [-0.3, -0.25) is 0 Å². The van der Waals surface area contributed by atoms with Gasteiger partial charge in [-0.25, -0.2) is 4.72 Å². The molecule has 2 aliphatic rings. The lowest BCUT2D eigenvalue weighted by Gasteiger charge is -2.32. The van der Waals surface area contributed by atoms with Crippen LogP contribution in [-0.4, -0.2) is 45.6 Å². The molecule has 1 fully saturated rings. The number of hydrogen-bond donors (Lipinski definition) is 1. The highest BCUT2D eigenvalue weighted by atomic mass is 32.2. The predicted molar refractivity (Wildman–Crippen MR) is 107 cm³/mol. The second kappa shape index (κ2) is 8.80. The molecule has 152 valence electrons. The third kappa shape index (κ3) is 4.58. The minimum absolute atomic E-state index is 0.174. The number of nitrogens with zero attached hydrogens (tertiary/aromatic N) is 1. The fourth-order valence-electron chi connectivity index (χ4n) is 4.16. The summed E-state index contributed by atoms with van der Waals surface area (Å²) in [4.78, 5) is 0. The predicted octanol–water partition coefficient (Wildman–Crippen LogP) is 3.23. The molecule has 0 radical (unpaired) electrons. The highest BCUT2D eigenvalue weighted by Crippen LogP contribution is 2.44. The summed E-state index contributed by atoms with van der Waals surface area (Å²) in [5, 5.41) is 0. The molecule has 6 nitrogen and oxygen atoms in total. The highest BCUT2D eigenvalue weighted by Gasteiger charge is 2.38. The maximum atomic E-state index is 12.8. The van der Waals surface area contributed by atoms with Gasteiger partial charge >= 0.3 is 0 Å². The topological polar surface area (TPSA) is 67.9 Å². The van der Waals surface area contributed by atoms with Crippen molar-refractivity contribution in [2.75, 3.05) is 32.8 Å². The monoisotopic (exact) mass is 396 g/mol. The van der Waals surface area contributed by atoms with Crippen LogP contribution in [0.5, 0.6) is 11.5 Å². The summed E-state index contributed by atoms with van der Waals surface area (Å²) in [6.07, 6.45) is 5.82. The Morgan fingerprint density at radius 3 is 2.30 bits per heavy atom. The summed E-state index contributed by atoms with van der Waals surface area (Å²) >= 11 is 0. The zero-order valence-corrected chi connectivity index (χ0v) is 17.3. The Hall–Kier alpha value is -1.31. The van der Waals surface area contributed by atoms with Crippen LogP contribution >= 0.6 is 0 Å². The largest absolute Gasteiger partial charge is 0.486 e. The molecule has 0 bridgehead atoms. The van der Waals surface area contributed by atoms with Gasteiger partial charge in [-0.05, 0) is 43.4 Å². The van der Waals surface area contributed by atoms with E-state index in [1.165, 1.54) is 0 Å². The lowest BCUT2D eigenvalue weighted by atomic mass is 9.79. The summed E-state index contributed by atoms with van der Waals surface area (Å²) in [6, 6.07) is 6.08. The van der Waals surface area contributed by atoms with Crippen molar-refractivity contribution < 1.29 is 17.9 Å². The number of benzene rings is 1. The molecule has 27 heavy (non-hydrogen) atoms. The van der Waals surface area contributed by atoms with Crippen LogP contribution in [0.2, 0.25) is 0 Å². The van der Waals surface area contributed by atoms with Crippen molar-refractivity contribution in [3.63, 3.8) is 0 Å². The van der Waals surface area contributed by atoms with Crippen molar-refractivity contribution in [1.29, 1.82) is 0 Å². The molecule has 1 aliphatic heterocycles. The Morgan fingerprint density at radius 1 is 1.04 bits per heavy atom. The van der Waals surface area contributed by atoms with Crippen LogP contribution in [0.15, 0.2) is 18.2 Å². The number of hydrogen-bond acceptors (Lipinski definition) is 4. The van der Waals surface area contributed by atoms with E-state index in [0.717, 1.165) is 55.6 Å². The molecule has 1 aliphatic carbocycles. The van der Waals surface area contributed by atoms with Gasteiger partial charge in [0, 0.05) is 25.0 Å². The van der Waals surface area contributed by atoms with E-state index in [1.807, 2.05) is 26.0 Å². The molecule has 0 aromatic heterocycles. The molecular weight excluding hydrogens is 364 g/mol. The molecule has 0 unspecified atom stereocenters. The fraction of sp³-hybridized carbons (Fsp3) is 0.700. The summed E-state index contributed by atoms with van der Waals surface area (Å²) in [6.45, 7) is 6.68. The minimum atomic E-state index is -3.47. The second-order valence-corrected chi connectivity index (χ2v) is 9.33. The average Bonchev–Trinajstić information content (AvgIpc) is 3.16. The standard InChI is InChI=1S/C20H32N2O4S/c1-3-11-22(12-4-2)27(23,24)21-16-20(9-5-6-10-20)17-7-8-18-19(15-17)26-14-13-25-18/h7-8,15,21H,3-6,9-14,16H2,1-2H3. The van der Waals surface area contributed by atoms with Crippen molar-refractivity contribution in [2.45, 2.75) is 57.8 Å². The highest BCUT2D eigenvalue weighted by molar-refractivity contribution is 7.87. The zero-order chi connectivity index (χ0) is 19.3. The van der Waals surface area contributed by atoms with E-state index in [2.05, 4.69) is 10.8 Å². The van der Waals surface area contributed by atoms with Gasteiger partial charge in [-0.15, -0.1) is 0 Å². The van der Waals surface area contributed by atoms with Gasteiger partial charge in [0.25, 0.3) is 10.2 Å².